The third-order valence-electron chi connectivity index (χ3n) is 4.52. The van der Waals surface area contributed by atoms with Gasteiger partial charge in [0.25, 0.3) is 0 Å². The summed E-state index contributed by atoms with van der Waals surface area (Å²) in [6, 6.07) is 11.3. The molecule has 0 aliphatic rings. The number of nitrogens with one attached hydrogen (secondary N) is 2. The van der Waals surface area contributed by atoms with E-state index in [1.807, 2.05) is 0 Å². The Labute approximate surface area is 194 Å². The van der Waals surface area contributed by atoms with E-state index in [9.17, 15) is 18.0 Å². The summed E-state index contributed by atoms with van der Waals surface area (Å²) in [5, 5.41) is 2.82. The van der Waals surface area contributed by atoms with Crippen LogP contribution in [0.4, 0.5) is 4.79 Å². The van der Waals surface area contributed by atoms with Gasteiger partial charge < -0.3 is 10.1 Å². The van der Waals surface area contributed by atoms with Gasteiger partial charge in [0.1, 0.15) is 5.60 Å². The predicted molar refractivity (Wildman–Crippen MR) is 124 cm³/mol. The van der Waals surface area contributed by atoms with Crippen LogP contribution in [-0.4, -0.2) is 32.4 Å². The number of hydrogen-bond donors (Lipinski definition) is 2. The molecule has 0 fully saturated rings. The number of halogens is 1. The Hall–Kier alpha value is -2.42. The summed E-state index contributed by atoms with van der Waals surface area (Å²) in [4.78, 5) is 24.1. The average molecular weight is 481 g/mol. The third kappa shape index (κ3) is 7.62. The van der Waals surface area contributed by atoms with Gasteiger partial charge in [0.15, 0.2) is 5.78 Å². The predicted octanol–water partition coefficient (Wildman–Crippen LogP) is 4.32. The minimum Gasteiger partial charge on any atom is -0.444 e. The van der Waals surface area contributed by atoms with Crippen LogP contribution in [0, 0.1) is 6.92 Å². The van der Waals surface area contributed by atoms with Gasteiger partial charge in [-0.05, 0) is 63.4 Å². The Kier molecular flexibility index (Phi) is 8.45. The highest BCUT2D eigenvalue weighted by atomic mass is 35.5. The molecule has 1 amide bonds. The van der Waals surface area contributed by atoms with Crippen LogP contribution in [0.15, 0.2) is 47.4 Å². The number of Topliss-reactive ketones (excluding diaryl/α,β-unsaturated/α-hetero) is 1. The van der Waals surface area contributed by atoms with E-state index >= 15 is 0 Å². The Morgan fingerprint density at radius 2 is 1.78 bits per heavy atom. The third-order valence-corrected chi connectivity index (χ3v) is 6.62. The summed E-state index contributed by atoms with van der Waals surface area (Å²) >= 11 is 6.06. The van der Waals surface area contributed by atoms with Gasteiger partial charge in [0, 0.05) is 17.5 Å². The average Bonchev–Trinajstić information content (AvgIpc) is 2.67. The highest BCUT2D eigenvalue weighted by Gasteiger charge is 2.22. The Balaban J connectivity index is 2.03. The van der Waals surface area contributed by atoms with Crippen molar-refractivity contribution in [2.45, 2.75) is 57.6 Å². The first-order valence-electron chi connectivity index (χ1n) is 10.1. The van der Waals surface area contributed by atoms with Gasteiger partial charge in [0.2, 0.25) is 10.0 Å². The van der Waals surface area contributed by atoms with Crippen molar-refractivity contribution in [3.63, 3.8) is 0 Å². The smallest absolute Gasteiger partial charge is 0.408 e. The van der Waals surface area contributed by atoms with Crippen LogP contribution in [-0.2, 0) is 26.0 Å². The lowest BCUT2D eigenvalue weighted by Gasteiger charge is -2.19. The number of hydrogen-bond acceptors (Lipinski definition) is 5. The van der Waals surface area contributed by atoms with Gasteiger partial charge in [-0.2, -0.15) is 0 Å². The van der Waals surface area contributed by atoms with Crippen molar-refractivity contribution in [2.24, 2.45) is 0 Å². The first-order valence-corrected chi connectivity index (χ1v) is 12.0. The fourth-order valence-corrected chi connectivity index (χ4v) is 4.72. The van der Waals surface area contributed by atoms with E-state index in [1.54, 1.807) is 71.0 Å². The molecule has 0 aliphatic heterocycles. The van der Waals surface area contributed by atoms with Crippen molar-refractivity contribution in [1.82, 2.24) is 10.0 Å². The highest BCUT2D eigenvalue weighted by molar-refractivity contribution is 7.89. The number of rotatable bonds is 8. The number of ketones is 1. The zero-order valence-corrected chi connectivity index (χ0v) is 20.4. The quantitative estimate of drug-likeness (QED) is 0.585. The molecule has 174 valence electrons. The molecule has 9 heteroatoms. The fourth-order valence-electron chi connectivity index (χ4n) is 2.99. The van der Waals surface area contributed by atoms with Crippen LogP contribution in [0.3, 0.4) is 0 Å². The summed E-state index contributed by atoms with van der Waals surface area (Å²) in [7, 11) is -3.79. The Morgan fingerprint density at radius 1 is 1.12 bits per heavy atom. The normalized spacial score (nSPS) is 12.8. The molecular weight excluding hydrogens is 452 g/mol. The van der Waals surface area contributed by atoms with Crippen molar-refractivity contribution in [3.05, 3.63) is 64.2 Å². The number of amides is 1. The Morgan fingerprint density at radius 3 is 2.44 bits per heavy atom. The molecule has 2 rings (SSSR count). The lowest BCUT2D eigenvalue weighted by atomic mass is 10.0. The van der Waals surface area contributed by atoms with Gasteiger partial charge in [-0.25, -0.2) is 17.9 Å². The fraction of sp³-hybridized carbons (Fsp3) is 0.391. The number of sulfonamides is 1. The van der Waals surface area contributed by atoms with Crippen molar-refractivity contribution in [1.29, 1.82) is 0 Å². The van der Waals surface area contributed by atoms with Crippen LogP contribution < -0.4 is 10.0 Å². The summed E-state index contributed by atoms with van der Waals surface area (Å²) in [6.07, 6.45) is -0.560. The largest absolute Gasteiger partial charge is 0.444 e. The molecule has 0 radical (unpaired) electrons. The molecular formula is C23H29ClN2O5S. The van der Waals surface area contributed by atoms with Gasteiger partial charge in [-0.15, -0.1) is 0 Å². The van der Waals surface area contributed by atoms with E-state index in [-0.39, 0.29) is 23.6 Å². The SMILES string of the molecule is Cc1c(Cl)cccc1S(=O)(=O)N[C@@H](C)c1cccc(CC(=O)CNC(=O)OC(C)(C)C)c1. The molecule has 32 heavy (non-hydrogen) atoms. The van der Waals surface area contributed by atoms with Crippen LogP contribution in [0.5, 0.6) is 0 Å². The molecule has 0 bridgehead atoms. The van der Waals surface area contributed by atoms with Crippen LogP contribution >= 0.6 is 11.6 Å². The van der Waals surface area contributed by atoms with E-state index in [1.165, 1.54) is 6.07 Å². The molecule has 0 aliphatic carbocycles. The number of carbonyl (C=O) groups excluding carboxylic acids is 2. The van der Waals surface area contributed by atoms with E-state index in [2.05, 4.69) is 10.0 Å². The maximum Gasteiger partial charge on any atom is 0.408 e. The lowest BCUT2D eigenvalue weighted by molar-refractivity contribution is -0.117. The highest BCUT2D eigenvalue weighted by Crippen LogP contribution is 2.25. The molecule has 1 atom stereocenters. The van der Waals surface area contributed by atoms with Crippen LogP contribution in [0.25, 0.3) is 0 Å². The van der Waals surface area contributed by atoms with E-state index < -0.39 is 27.8 Å². The minimum absolute atomic E-state index is 0.0938. The first kappa shape index (κ1) is 25.8. The van der Waals surface area contributed by atoms with E-state index in [0.29, 0.717) is 21.7 Å². The molecule has 2 N–H and O–H groups in total. The summed E-state index contributed by atoms with van der Waals surface area (Å²) < 4.78 is 33.4. The van der Waals surface area contributed by atoms with Crippen LogP contribution in [0.1, 0.15) is 50.4 Å². The second-order valence-electron chi connectivity index (χ2n) is 8.52. The monoisotopic (exact) mass is 480 g/mol. The van der Waals surface area contributed by atoms with E-state index in [0.717, 1.165) is 0 Å². The van der Waals surface area contributed by atoms with Gasteiger partial charge in [-0.3, -0.25) is 4.79 Å². The molecule has 2 aromatic carbocycles. The van der Waals surface area contributed by atoms with Gasteiger partial charge in [0.05, 0.1) is 11.4 Å². The molecule has 0 saturated heterocycles. The molecule has 0 aromatic heterocycles. The second-order valence-corrected chi connectivity index (χ2v) is 10.6. The van der Waals surface area contributed by atoms with E-state index in [4.69, 9.17) is 16.3 Å². The maximum absolute atomic E-state index is 12.8. The minimum atomic E-state index is -3.79. The topological polar surface area (TPSA) is 102 Å². The molecule has 0 unspecified atom stereocenters. The summed E-state index contributed by atoms with van der Waals surface area (Å²) in [5.74, 6) is -0.198. The number of alkyl carbamates (subject to hydrolysis) is 1. The number of ether oxygens (including phenoxy) is 1. The standard InChI is InChI=1S/C23H29ClN2O5S/c1-15-20(24)10-7-11-21(15)32(29,30)26-16(2)18-9-6-8-17(12-18)13-19(27)14-25-22(28)31-23(3,4)5/h6-12,16,26H,13-14H2,1-5H3,(H,25,28)/t16-/m0/s1. The molecule has 0 spiro atoms. The number of benzene rings is 2. The number of carbonyl (C=O) groups is 2. The first-order chi connectivity index (χ1) is 14.8. The van der Waals surface area contributed by atoms with Gasteiger partial charge >= 0.3 is 6.09 Å². The zero-order valence-electron chi connectivity index (χ0n) is 18.9. The molecule has 0 saturated carbocycles. The van der Waals surface area contributed by atoms with Gasteiger partial charge in [-0.1, -0.05) is 41.9 Å². The van der Waals surface area contributed by atoms with Crippen molar-refractivity contribution >= 4 is 33.5 Å². The van der Waals surface area contributed by atoms with Crippen molar-refractivity contribution < 1.29 is 22.7 Å². The zero-order chi connectivity index (χ0) is 24.1. The second kappa shape index (κ2) is 10.5. The van der Waals surface area contributed by atoms with Crippen molar-refractivity contribution in [2.75, 3.05) is 6.54 Å². The molecule has 0 heterocycles. The molecule has 2 aromatic rings. The lowest BCUT2D eigenvalue weighted by Crippen LogP contribution is -2.35. The molecule has 7 nitrogen and oxygen atoms in total. The van der Waals surface area contributed by atoms with Crippen molar-refractivity contribution in [3.8, 4) is 0 Å². The summed E-state index contributed by atoms with van der Waals surface area (Å²) in [5.41, 5.74) is 1.25. The Bertz CT molecular complexity index is 1090. The maximum atomic E-state index is 12.8. The van der Waals surface area contributed by atoms with Crippen LogP contribution in [0.2, 0.25) is 5.02 Å². The summed E-state index contributed by atoms with van der Waals surface area (Å²) in [6.45, 7) is 8.44.